The van der Waals surface area contributed by atoms with Crippen LogP contribution in [0.5, 0.6) is 5.75 Å². The lowest BCUT2D eigenvalue weighted by molar-refractivity contribution is -0.134. The van der Waals surface area contributed by atoms with Crippen LogP contribution in [0.25, 0.3) is 0 Å². The molecule has 0 bridgehead atoms. The molecule has 0 atom stereocenters. The van der Waals surface area contributed by atoms with Gasteiger partial charge in [-0.15, -0.1) is 0 Å². The van der Waals surface area contributed by atoms with Crippen molar-refractivity contribution in [1.29, 1.82) is 0 Å². The number of piperidine rings is 1. The molecule has 0 N–H and O–H groups in total. The Labute approximate surface area is 184 Å². The highest BCUT2D eigenvalue weighted by molar-refractivity contribution is 5.77. The van der Waals surface area contributed by atoms with Crippen LogP contribution >= 0.6 is 0 Å². The van der Waals surface area contributed by atoms with Crippen LogP contribution in [0.4, 0.5) is 0 Å². The van der Waals surface area contributed by atoms with Gasteiger partial charge in [-0.05, 0) is 49.3 Å². The first-order valence-corrected chi connectivity index (χ1v) is 11.6. The van der Waals surface area contributed by atoms with Gasteiger partial charge in [-0.3, -0.25) is 9.36 Å². The average molecular weight is 427 g/mol. The molecule has 2 fully saturated rings. The molecule has 2 aliphatic rings. The summed E-state index contributed by atoms with van der Waals surface area (Å²) in [7, 11) is 1.74. The number of aromatic nitrogens is 3. The molecule has 7 heteroatoms. The maximum absolute atomic E-state index is 12.7. The summed E-state index contributed by atoms with van der Waals surface area (Å²) in [6.07, 6.45) is 6.14. The molecule has 1 aliphatic heterocycles. The van der Waals surface area contributed by atoms with Gasteiger partial charge in [0.05, 0.1) is 0 Å². The normalized spacial score (nSPS) is 18.1. The molecule has 0 unspecified atom stereocenters. The molecule has 0 radical (unpaired) electrons. The lowest BCUT2D eigenvalue weighted by Crippen LogP contribution is -2.41. The molecule has 7 nitrogen and oxygen atoms in total. The lowest BCUT2D eigenvalue weighted by Gasteiger charge is -2.32. The first-order chi connectivity index (χ1) is 14.9. The van der Waals surface area contributed by atoms with E-state index in [2.05, 4.69) is 18.9 Å². The highest BCUT2D eigenvalue weighted by atomic mass is 16.5. The van der Waals surface area contributed by atoms with Gasteiger partial charge in [-0.1, -0.05) is 38.8 Å². The van der Waals surface area contributed by atoms with E-state index < -0.39 is 0 Å². The molecular weight excluding hydrogens is 392 g/mol. The van der Waals surface area contributed by atoms with Crippen molar-refractivity contribution >= 4 is 5.91 Å². The zero-order chi connectivity index (χ0) is 22.0. The molecule has 1 amide bonds. The van der Waals surface area contributed by atoms with Gasteiger partial charge in [0.2, 0.25) is 0 Å². The van der Waals surface area contributed by atoms with Crippen LogP contribution in [0.2, 0.25) is 0 Å². The second kappa shape index (κ2) is 9.28. The molecule has 2 heterocycles. The summed E-state index contributed by atoms with van der Waals surface area (Å²) in [5.41, 5.74) is 1.25. The van der Waals surface area contributed by atoms with Crippen molar-refractivity contribution in [3.8, 4) is 5.75 Å². The van der Waals surface area contributed by atoms with Crippen LogP contribution in [-0.4, -0.2) is 44.9 Å². The fourth-order valence-corrected chi connectivity index (χ4v) is 4.85. The average Bonchev–Trinajstić information content (AvgIpc) is 3.40. The van der Waals surface area contributed by atoms with E-state index in [0.717, 1.165) is 37.3 Å². The minimum Gasteiger partial charge on any atom is -0.484 e. The third-order valence-corrected chi connectivity index (χ3v) is 6.79. The van der Waals surface area contributed by atoms with Gasteiger partial charge in [0, 0.05) is 32.1 Å². The third-order valence-electron chi connectivity index (χ3n) is 6.79. The minimum absolute atomic E-state index is 0.00251. The maximum Gasteiger partial charge on any atom is 0.345 e. The van der Waals surface area contributed by atoms with Crippen molar-refractivity contribution in [3.63, 3.8) is 0 Å². The molecule has 1 aliphatic carbocycles. The van der Waals surface area contributed by atoms with Crippen molar-refractivity contribution in [2.45, 2.75) is 70.3 Å². The van der Waals surface area contributed by atoms with E-state index in [0.29, 0.717) is 19.0 Å². The summed E-state index contributed by atoms with van der Waals surface area (Å²) in [5, 5.41) is 4.58. The van der Waals surface area contributed by atoms with Crippen LogP contribution in [-0.2, 0) is 11.8 Å². The second-order valence-corrected chi connectivity index (χ2v) is 9.24. The number of benzene rings is 1. The zero-order valence-corrected chi connectivity index (χ0v) is 18.9. The minimum atomic E-state index is -0.00251. The Morgan fingerprint density at radius 1 is 1.10 bits per heavy atom. The van der Waals surface area contributed by atoms with Crippen LogP contribution < -0.4 is 10.4 Å². The van der Waals surface area contributed by atoms with E-state index in [1.807, 2.05) is 33.7 Å². The van der Waals surface area contributed by atoms with Crippen molar-refractivity contribution in [3.05, 3.63) is 46.1 Å². The van der Waals surface area contributed by atoms with E-state index in [-0.39, 0.29) is 30.2 Å². The van der Waals surface area contributed by atoms with Crippen LogP contribution in [0.3, 0.4) is 0 Å². The number of nitrogens with zero attached hydrogens (tertiary/aromatic N) is 4. The number of hydrogen-bond acceptors (Lipinski definition) is 4. The largest absolute Gasteiger partial charge is 0.484 e. The van der Waals surface area contributed by atoms with E-state index in [1.165, 1.54) is 23.1 Å². The van der Waals surface area contributed by atoms with Gasteiger partial charge in [-0.2, -0.15) is 5.10 Å². The Kier molecular flexibility index (Phi) is 6.49. The van der Waals surface area contributed by atoms with Crippen LogP contribution in [0, 0.1) is 0 Å². The quantitative estimate of drug-likeness (QED) is 0.708. The lowest BCUT2D eigenvalue weighted by atomic mass is 9.95. The summed E-state index contributed by atoms with van der Waals surface area (Å²) < 4.78 is 9.14. The molecule has 1 saturated carbocycles. The van der Waals surface area contributed by atoms with Crippen molar-refractivity contribution < 1.29 is 9.53 Å². The summed E-state index contributed by atoms with van der Waals surface area (Å²) in [6.45, 7) is 5.72. The van der Waals surface area contributed by atoms with Crippen molar-refractivity contribution in [1.82, 2.24) is 19.2 Å². The molecule has 4 rings (SSSR count). The molecule has 2 aromatic rings. The highest BCUT2D eigenvalue weighted by Gasteiger charge is 2.31. The molecular formula is C24H34N4O3. The number of hydrogen-bond donors (Lipinski definition) is 0. The zero-order valence-electron chi connectivity index (χ0n) is 18.9. The molecule has 1 aromatic carbocycles. The predicted molar refractivity (Wildman–Crippen MR) is 120 cm³/mol. The van der Waals surface area contributed by atoms with Gasteiger partial charge in [0.15, 0.2) is 6.61 Å². The molecule has 1 saturated heterocycles. The SMILES string of the molecule is CC(C)c1ccc(OCC(=O)N2CCC(c3nn(C)c(=O)n3C3CCCC3)CC2)cc1. The highest BCUT2D eigenvalue weighted by Crippen LogP contribution is 2.33. The summed E-state index contributed by atoms with van der Waals surface area (Å²) in [4.78, 5) is 27.2. The van der Waals surface area contributed by atoms with E-state index in [9.17, 15) is 9.59 Å². The standard InChI is InChI=1S/C24H34N4O3/c1-17(2)18-8-10-21(11-9-18)31-16-22(29)27-14-12-19(13-15-27)23-25-26(3)24(30)28(23)20-6-4-5-7-20/h8-11,17,19-20H,4-7,12-16H2,1-3H3. The molecule has 0 spiro atoms. The number of aryl methyl sites for hydroxylation is 1. The number of carbonyl (C=O) groups excluding carboxylic acids is 1. The first kappa shape index (κ1) is 21.7. The number of likely N-dealkylation sites (tertiary alicyclic amines) is 1. The van der Waals surface area contributed by atoms with Crippen LogP contribution in [0.1, 0.15) is 81.6 Å². The van der Waals surface area contributed by atoms with Gasteiger partial charge >= 0.3 is 5.69 Å². The van der Waals surface area contributed by atoms with Gasteiger partial charge in [-0.25, -0.2) is 9.48 Å². The van der Waals surface area contributed by atoms with Crippen molar-refractivity contribution in [2.75, 3.05) is 19.7 Å². The second-order valence-electron chi connectivity index (χ2n) is 9.24. The van der Waals surface area contributed by atoms with E-state index in [4.69, 9.17) is 4.74 Å². The Morgan fingerprint density at radius 3 is 2.35 bits per heavy atom. The Hall–Kier alpha value is -2.57. The van der Waals surface area contributed by atoms with E-state index in [1.54, 1.807) is 7.05 Å². The summed E-state index contributed by atoms with van der Waals surface area (Å²) in [5.74, 6) is 2.35. The number of carbonyl (C=O) groups is 1. The topological polar surface area (TPSA) is 69.4 Å². The molecule has 1 aromatic heterocycles. The van der Waals surface area contributed by atoms with Gasteiger partial charge in [0.1, 0.15) is 11.6 Å². The summed E-state index contributed by atoms with van der Waals surface area (Å²) in [6, 6.07) is 8.24. The Balaban J connectivity index is 1.33. The van der Waals surface area contributed by atoms with Gasteiger partial charge < -0.3 is 9.64 Å². The monoisotopic (exact) mass is 426 g/mol. The summed E-state index contributed by atoms with van der Waals surface area (Å²) >= 11 is 0. The fraction of sp³-hybridized carbons (Fsp3) is 0.625. The predicted octanol–water partition coefficient (Wildman–Crippen LogP) is 3.61. The third kappa shape index (κ3) is 4.70. The number of ether oxygens (including phenoxy) is 1. The molecule has 168 valence electrons. The van der Waals surface area contributed by atoms with Crippen LogP contribution in [0.15, 0.2) is 29.1 Å². The smallest absolute Gasteiger partial charge is 0.345 e. The maximum atomic E-state index is 12.7. The first-order valence-electron chi connectivity index (χ1n) is 11.6. The Bertz CT molecular complexity index is 946. The fourth-order valence-electron chi connectivity index (χ4n) is 4.85. The number of amides is 1. The van der Waals surface area contributed by atoms with Gasteiger partial charge in [0.25, 0.3) is 5.91 Å². The van der Waals surface area contributed by atoms with Crippen molar-refractivity contribution in [2.24, 2.45) is 7.05 Å². The Morgan fingerprint density at radius 2 is 1.74 bits per heavy atom. The number of rotatable bonds is 6. The van der Waals surface area contributed by atoms with E-state index >= 15 is 0 Å². The molecule has 31 heavy (non-hydrogen) atoms.